The van der Waals surface area contributed by atoms with E-state index in [1.54, 1.807) is 18.2 Å². The molecular formula is C22H22N2O5. The first kappa shape index (κ1) is 20.0. The Morgan fingerprint density at radius 3 is 2.21 bits per heavy atom. The van der Waals surface area contributed by atoms with E-state index < -0.39 is 11.8 Å². The quantitative estimate of drug-likeness (QED) is 0.576. The lowest BCUT2D eigenvalue weighted by atomic mass is 10.1. The standard InChI is InChI=1S/C22H22N2O5/c1-13(2)29-19-9-8-16(12-20(19)28-3)21(26)23-24-22(27)17-10-14-6-4-5-7-15(14)11-18(17)25/h4-13,25H,1-3H3,(H,23,26)(H,24,27). The molecule has 0 radical (unpaired) electrons. The Bertz CT molecular complexity index is 1060. The normalized spacial score (nSPS) is 10.6. The third-order valence-corrected chi connectivity index (χ3v) is 4.19. The second-order valence-corrected chi connectivity index (χ2v) is 6.66. The first-order valence-electron chi connectivity index (χ1n) is 9.06. The molecule has 0 aliphatic carbocycles. The second-order valence-electron chi connectivity index (χ2n) is 6.66. The summed E-state index contributed by atoms with van der Waals surface area (Å²) in [6.45, 7) is 3.77. The molecule has 0 atom stereocenters. The topological polar surface area (TPSA) is 96.9 Å². The van der Waals surface area contributed by atoms with E-state index in [0.717, 1.165) is 10.8 Å². The number of benzene rings is 3. The van der Waals surface area contributed by atoms with Gasteiger partial charge in [0.05, 0.1) is 18.8 Å². The van der Waals surface area contributed by atoms with E-state index in [9.17, 15) is 14.7 Å². The zero-order valence-electron chi connectivity index (χ0n) is 16.4. The summed E-state index contributed by atoms with van der Waals surface area (Å²) in [5, 5.41) is 11.7. The summed E-state index contributed by atoms with van der Waals surface area (Å²) in [5.41, 5.74) is 4.99. The second kappa shape index (κ2) is 8.52. The molecule has 0 saturated carbocycles. The summed E-state index contributed by atoms with van der Waals surface area (Å²) in [7, 11) is 1.48. The van der Waals surface area contributed by atoms with Crippen molar-refractivity contribution in [1.82, 2.24) is 10.9 Å². The monoisotopic (exact) mass is 394 g/mol. The summed E-state index contributed by atoms with van der Waals surface area (Å²) in [5.74, 6) is -0.414. The molecule has 0 aliphatic heterocycles. The van der Waals surface area contributed by atoms with Crippen molar-refractivity contribution in [3.8, 4) is 17.2 Å². The summed E-state index contributed by atoms with van der Waals surface area (Å²) in [4.78, 5) is 24.8. The van der Waals surface area contributed by atoms with Gasteiger partial charge in [-0.05, 0) is 55.0 Å². The van der Waals surface area contributed by atoms with Gasteiger partial charge >= 0.3 is 0 Å². The number of amides is 2. The van der Waals surface area contributed by atoms with E-state index in [-0.39, 0.29) is 23.0 Å². The molecule has 0 fully saturated rings. The number of rotatable bonds is 5. The molecule has 3 aromatic rings. The van der Waals surface area contributed by atoms with Crippen LogP contribution in [0.2, 0.25) is 0 Å². The van der Waals surface area contributed by atoms with Gasteiger partial charge in [0, 0.05) is 5.56 Å². The van der Waals surface area contributed by atoms with Gasteiger partial charge < -0.3 is 14.6 Å². The number of hydrazine groups is 1. The zero-order valence-corrected chi connectivity index (χ0v) is 16.4. The van der Waals surface area contributed by atoms with E-state index in [0.29, 0.717) is 11.5 Å². The van der Waals surface area contributed by atoms with Crippen molar-refractivity contribution in [3.63, 3.8) is 0 Å². The van der Waals surface area contributed by atoms with Crippen LogP contribution in [-0.2, 0) is 0 Å². The molecule has 0 aromatic heterocycles. The lowest BCUT2D eigenvalue weighted by Gasteiger charge is -2.14. The number of hydrogen-bond acceptors (Lipinski definition) is 5. The van der Waals surface area contributed by atoms with E-state index in [1.807, 2.05) is 38.1 Å². The molecule has 29 heavy (non-hydrogen) atoms. The number of phenolic OH excluding ortho intramolecular Hbond substituents is 1. The smallest absolute Gasteiger partial charge is 0.273 e. The molecule has 0 saturated heterocycles. The molecule has 7 nitrogen and oxygen atoms in total. The van der Waals surface area contributed by atoms with Crippen LogP contribution in [0.15, 0.2) is 54.6 Å². The summed E-state index contributed by atoms with van der Waals surface area (Å²) < 4.78 is 10.9. The van der Waals surface area contributed by atoms with Crippen LogP contribution >= 0.6 is 0 Å². The zero-order chi connectivity index (χ0) is 21.0. The number of phenols is 1. The first-order chi connectivity index (χ1) is 13.9. The molecule has 0 bridgehead atoms. The Hall–Kier alpha value is -3.74. The van der Waals surface area contributed by atoms with Gasteiger partial charge in [-0.15, -0.1) is 0 Å². The van der Waals surface area contributed by atoms with Crippen LogP contribution in [0, 0.1) is 0 Å². The minimum atomic E-state index is -0.631. The fourth-order valence-electron chi connectivity index (χ4n) is 2.82. The lowest BCUT2D eigenvalue weighted by Crippen LogP contribution is -2.41. The number of carbonyl (C=O) groups is 2. The number of nitrogens with one attached hydrogen (secondary N) is 2. The van der Waals surface area contributed by atoms with Gasteiger partial charge in [-0.3, -0.25) is 20.4 Å². The molecule has 0 heterocycles. The molecule has 7 heteroatoms. The van der Waals surface area contributed by atoms with Gasteiger partial charge in [-0.25, -0.2) is 0 Å². The van der Waals surface area contributed by atoms with Gasteiger partial charge in [0.25, 0.3) is 11.8 Å². The highest BCUT2D eigenvalue weighted by atomic mass is 16.5. The van der Waals surface area contributed by atoms with Crippen LogP contribution in [0.5, 0.6) is 17.2 Å². The number of fused-ring (bicyclic) bond motifs is 1. The Balaban J connectivity index is 1.72. The van der Waals surface area contributed by atoms with Gasteiger partial charge in [0.1, 0.15) is 5.75 Å². The summed E-state index contributed by atoms with van der Waals surface area (Å²) in [6, 6.07) is 15.1. The maximum absolute atomic E-state index is 12.4. The van der Waals surface area contributed by atoms with Gasteiger partial charge in [0.2, 0.25) is 0 Å². The van der Waals surface area contributed by atoms with E-state index in [4.69, 9.17) is 9.47 Å². The Labute approximate surface area is 168 Å². The van der Waals surface area contributed by atoms with E-state index in [1.165, 1.54) is 19.2 Å². The SMILES string of the molecule is COc1cc(C(=O)NNC(=O)c2cc3ccccc3cc2O)ccc1OC(C)C. The van der Waals surface area contributed by atoms with Crippen molar-refractivity contribution in [1.29, 1.82) is 0 Å². The Morgan fingerprint density at radius 1 is 0.897 bits per heavy atom. The molecule has 0 aliphatic rings. The van der Waals surface area contributed by atoms with Crippen molar-refractivity contribution in [2.24, 2.45) is 0 Å². The van der Waals surface area contributed by atoms with Crippen LogP contribution in [-0.4, -0.2) is 30.1 Å². The highest BCUT2D eigenvalue weighted by molar-refractivity contribution is 6.03. The Morgan fingerprint density at radius 2 is 1.55 bits per heavy atom. The molecule has 0 unspecified atom stereocenters. The van der Waals surface area contributed by atoms with Crippen molar-refractivity contribution in [2.75, 3.05) is 7.11 Å². The molecule has 2 amide bonds. The molecule has 3 rings (SSSR count). The number of ether oxygens (including phenoxy) is 2. The first-order valence-corrected chi connectivity index (χ1v) is 9.06. The maximum Gasteiger partial charge on any atom is 0.273 e. The largest absolute Gasteiger partial charge is 0.507 e. The fraction of sp³-hybridized carbons (Fsp3) is 0.182. The molecular weight excluding hydrogens is 372 g/mol. The van der Waals surface area contributed by atoms with Crippen molar-refractivity contribution >= 4 is 22.6 Å². The third-order valence-electron chi connectivity index (χ3n) is 4.19. The van der Waals surface area contributed by atoms with Crippen LogP contribution in [0.4, 0.5) is 0 Å². The lowest BCUT2D eigenvalue weighted by molar-refractivity contribution is 0.0845. The number of carbonyl (C=O) groups excluding carboxylic acids is 2. The number of methoxy groups -OCH3 is 1. The fourth-order valence-corrected chi connectivity index (χ4v) is 2.82. The predicted molar refractivity (Wildman–Crippen MR) is 109 cm³/mol. The van der Waals surface area contributed by atoms with Crippen LogP contribution in [0.25, 0.3) is 10.8 Å². The number of aromatic hydroxyl groups is 1. The van der Waals surface area contributed by atoms with Crippen molar-refractivity contribution < 1.29 is 24.2 Å². The summed E-state index contributed by atoms with van der Waals surface area (Å²) >= 11 is 0. The molecule has 150 valence electrons. The van der Waals surface area contributed by atoms with Gasteiger partial charge in [-0.2, -0.15) is 0 Å². The van der Waals surface area contributed by atoms with Gasteiger partial charge in [0.15, 0.2) is 11.5 Å². The molecule has 3 N–H and O–H groups in total. The minimum Gasteiger partial charge on any atom is -0.507 e. The molecule has 3 aromatic carbocycles. The minimum absolute atomic E-state index is 0.0440. The average molecular weight is 394 g/mol. The van der Waals surface area contributed by atoms with Crippen LogP contribution in [0.1, 0.15) is 34.6 Å². The highest BCUT2D eigenvalue weighted by Crippen LogP contribution is 2.29. The van der Waals surface area contributed by atoms with E-state index >= 15 is 0 Å². The number of hydrogen-bond donors (Lipinski definition) is 3. The van der Waals surface area contributed by atoms with Crippen LogP contribution < -0.4 is 20.3 Å². The average Bonchev–Trinajstić information content (AvgIpc) is 2.71. The predicted octanol–water partition coefficient (Wildman–Crippen LogP) is 3.42. The van der Waals surface area contributed by atoms with Gasteiger partial charge in [-0.1, -0.05) is 24.3 Å². The van der Waals surface area contributed by atoms with Crippen molar-refractivity contribution in [2.45, 2.75) is 20.0 Å². The summed E-state index contributed by atoms with van der Waals surface area (Å²) in [6.07, 6.45) is -0.0440. The van der Waals surface area contributed by atoms with Crippen LogP contribution in [0.3, 0.4) is 0 Å². The highest BCUT2D eigenvalue weighted by Gasteiger charge is 2.16. The van der Waals surface area contributed by atoms with Crippen molar-refractivity contribution in [3.05, 3.63) is 65.7 Å². The Kier molecular flexibility index (Phi) is 5.87. The third kappa shape index (κ3) is 4.57. The van der Waals surface area contributed by atoms with E-state index in [2.05, 4.69) is 10.9 Å². The maximum atomic E-state index is 12.4. The molecule has 0 spiro atoms.